The lowest BCUT2D eigenvalue weighted by Crippen LogP contribution is -2.07. The second-order valence-corrected chi connectivity index (χ2v) is 4.42. The summed E-state index contributed by atoms with van der Waals surface area (Å²) in [5.74, 6) is 0.813. The zero-order valence-electron chi connectivity index (χ0n) is 11.8. The summed E-state index contributed by atoms with van der Waals surface area (Å²) >= 11 is 0. The van der Waals surface area contributed by atoms with Gasteiger partial charge in [0.15, 0.2) is 0 Å². The van der Waals surface area contributed by atoms with Crippen molar-refractivity contribution in [2.75, 3.05) is 38.4 Å². The Bertz CT molecular complexity index is 570. The van der Waals surface area contributed by atoms with E-state index in [1.165, 1.54) is 0 Å². The number of ether oxygens (including phenoxy) is 2. The number of anilines is 2. The van der Waals surface area contributed by atoms with E-state index in [-0.39, 0.29) is 0 Å². The van der Waals surface area contributed by atoms with E-state index in [4.69, 9.17) is 15.2 Å². The van der Waals surface area contributed by atoms with Gasteiger partial charge in [-0.15, -0.1) is 0 Å². The first kappa shape index (κ1) is 14.2. The molecule has 2 rings (SSSR count). The van der Waals surface area contributed by atoms with Crippen LogP contribution in [-0.4, -0.2) is 27.4 Å². The molecule has 2 aromatic carbocycles. The van der Waals surface area contributed by atoms with Gasteiger partial charge in [-0.05, 0) is 24.3 Å². The highest BCUT2D eigenvalue weighted by atomic mass is 16.5. The Kier molecular flexibility index (Phi) is 4.85. The molecule has 0 fully saturated rings. The first-order valence-electron chi connectivity index (χ1n) is 6.52. The number of hydrogen-bond donors (Lipinski definition) is 2. The van der Waals surface area contributed by atoms with Crippen LogP contribution in [0.3, 0.4) is 0 Å². The number of nitrogens with one attached hydrogen (secondary N) is 1. The van der Waals surface area contributed by atoms with E-state index in [0.717, 1.165) is 34.8 Å². The van der Waals surface area contributed by atoms with E-state index in [9.17, 15) is 0 Å². The van der Waals surface area contributed by atoms with E-state index in [1.54, 1.807) is 14.2 Å². The van der Waals surface area contributed by atoms with Crippen molar-refractivity contribution in [1.29, 1.82) is 0 Å². The van der Waals surface area contributed by atoms with E-state index in [0.29, 0.717) is 6.61 Å². The average molecular weight is 272 g/mol. The van der Waals surface area contributed by atoms with Crippen LogP contribution >= 0.6 is 0 Å². The molecule has 2 aromatic rings. The summed E-state index contributed by atoms with van der Waals surface area (Å²) in [4.78, 5) is 0. The van der Waals surface area contributed by atoms with Crippen molar-refractivity contribution >= 4 is 11.4 Å². The molecule has 0 saturated carbocycles. The first-order chi connectivity index (χ1) is 9.76. The molecule has 0 aliphatic heterocycles. The number of nitrogen functional groups attached to an aromatic ring is 1. The molecule has 0 radical (unpaired) electrons. The highest BCUT2D eigenvalue weighted by Crippen LogP contribution is 2.35. The molecule has 0 unspecified atom stereocenters. The minimum Gasteiger partial charge on any atom is -0.496 e. The van der Waals surface area contributed by atoms with Gasteiger partial charge in [0.1, 0.15) is 5.75 Å². The Labute approximate surface area is 119 Å². The zero-order chi connectivity index (χ0) is 14.4. The van der Waals surface area contributed by atoms with Crippen molar-refractivity contribution in [2.24, 2.45) is 0 Å². The van der Waals surface area contributed by atoms with Crippen LogP contribution in [0.15, 0.2) is 42.5 Å². The van der Waals surface area contributed by atoms with Crippen molar-refractivity contribution < 1.29 is 9.47 Å². The van der Waals surface area contributed by atoms with Crippen LogP contribution in [0.5, 0.6) is 5.75 Å². The lowest BCUT2D eigenvalue weighted by molar-refractivity contribution is 0.211. The average Bonchev–Trinajstić information content (AvgIpc) is 2.49. The van der Waals surface area contributed by atoms with Crippen LogP contribution < -0.4 is 15.8 Å². The second-order valence-electron chi connectivity index (χ2n) is 4.42. The quantitative estimate of drug-likeness (QED) is 0.627. The Morgan fingerprint density at radius 3 is 2.60 bits per heavy atom. The van der Waals surface area contributed by atoms with Gasteiger partial charge in [0.25, 0.3) is 0 Å². The van der Waals surface area contributed by atoms with Crippen molar-refractivity contribution in [3.63, 3.8) is 0 Å². The maximum absolute atomic E-state index is 6.09. The molecule has 20 heavy (non-hydrogen) atoms. The predicted octanol–water partition coefficient (Wildman–Crippen LogP) is 3.00. The van der Waals surface area contributed by atoms with Gasteiger partial charge < -0.3 is 20.5 Å². The molecule has 0 amide bonds. The van der Waals surface area contributed by atoms with E-state index < -0.39 is 0 Å². The monoisotopic (exact) mass is 272 g/mol. The van der Waals surface area contributed by atoms with Crippen molar-refractivity contribution in [1.82, 2.24) is 0 Å². The summed E-state index contributed by atoms with van der Waals surface area (Å²) in [5.41, 5.74) is 9.78. The molecule has 0 bridgehead atoms. The summed E-state index contributed by atoms with van der Waals surface area (Å²) in [7, 11) is 3.35. The standard InChI is InChI=1S/C16H20N2O2/c1-19-10-9-18-12-7-8-15(17)14(11-12)13-5-3-4-6-16(13)20-2/h3-8,11,18H,9-10,17H2,1-2H3. The molecule has 0 aromatic heterocycles. The maximum Gasteiger partial charge on any atom is 0.126 e. The largest absolute Gasteiger partial charge is 0.496 e. The third-order valence-corrected chi connectivity index (χ3v) is 3.09. The van der Waals surface area contributed by atoms with Crippen LogP contribution in [0.1, 0.15) is 0 Å². The predicted molar refractivity (Wildman–Crippen MR) is 83.2 cm³/mol. The Hall–Kier alpha value is -2.20. The molecule has 0 heterocycles. The number of hydrogen-bond acceptors (Lipinski definition) is 4. The fraction of sp³-hybridized carbons (Fsp3) is 0.250. The molecule has 0 aliphatic rings. The molecule has 0 spiro atoms. The molecule has 3 N–H and O–H groups in total. The van der Waals surface area contributed by atoms with Gasteiger partial charge in [-0.3, -0.25) is 0 Å². The van der Waals surface area contributed by atoms with Gasteiger partial charge in [-0.25, -0.2) is 0 Å². The highest BCUT2D eigenvalue weighted by molar-refractivity contribution is 5.83. The van der Waals surface area contributed by atoms with E-state index in [1.807, 2.05) is 42.5 Å². The Morgan fingerprint density at radius 1 is 1.05 bits per heavy atom. The minimum atomic E-state index is 0.661. The second kappa shape index (κ2) is 6.82. The summed E-state index contributed by atoms with van der Waals surface area (Å²) in [6, 6.07) is 13.7. The molecular weight excluding hydrogens is 252 g/mol. The molecule has 0 saturated heterocycles. The van der Waals surface area contributed by atoms with E-state index in [2.05, 4.69) is 5.32 Å². The Morgan fingerprint density at radius 2 is 1.85 bits per heavy atom. The molecule has 0 atom stereocenters. The van der Waals surface area contributed by atoms with Crippen LogP contribution in [-0.2, 0) is 4.74 Å². The molecule has 4 nitrogen and oxygen atoms in total. The third kappa shape index (κ3) is 3.22. The van der Waals surface area contributed by atoms with Crippen molar-refractivity contribution in [3.05, 3.63) is 42.5 Å². The van der Waals surface area contributed by atoms with Crippen LogP contribution in [0, 0.1) is 0 Å². The molecule has 4 heteroatoms. The maximum atomic E-state index is 6.09. The SMILES string of the molecule is COCCNc1ccc(N)c(-c2ccccc2OC)c1. The fourth-order valence-corrected chi connectivity index (χ4v) is 2.06. The fourth-order valence-electron chi connectivity index (χ4n) is 2.06. The smallest absolute Gasteiger partial charge is 0.126 e. The lowest BCUT2D eigenvalue weighted by atomic mass is 10.0. The highest BCUT2D eigenvalue weighted by Gasteiger charge is 2.09. The number of nitrogens with two attached hydrogens (primary N) is 1. The van der Waals surface area contributed by atoms with Gasteiger partial charge in [0.05, 0.1) is 13.7 Å². The van der Waals surface area contributed by atoms with Crippen LogP contribution in [0.25, 0.3) is 11.1 Å². The van der Waals surface area contributed by atoms with Crippen molar-refractivity contribution in [2.45, 2.75) is 0 Å². The molecule has 106 valence electrons. The third-order valence-electron chi connectivity index (χ3n) is 3.09. The number of para-hydroxylation sites is 1. The van der Waals surface area contributed by atoms with Crippen molar-refractivity contribution in [3.8, 4) is 16.9 Å². The minimum absolute atomic E-state index is 0.661. The van der Waals surface area contributed by atoms with Gasteiger partial charge in [0.2, 0.25) is 0 Å². The summed E-state index contributed by atoms with van der Waals surface area (Å²) in [5, 5.41) is 3.30. The summed E-state index contributed by atoms with van der Waals surface area (Å²) in [6.07, 6.45) is 0. The Balaban J connectivity index is 2.32. The number of rotatable bonds is 6. The van der Waals surface area contributed by atoms with Crippen LogP contribution in [0.2, 0.25) is 0 Å². The molecular formula is C16H20N2O2. The van der Waals surface area contributed by atoms with Gasteiger partial charge in [0, 0.05) is 36.2 Å². The lowest BCUT2D eigenvalue weighted by Gasteiger charge is -2.13. The zero-order valence-corrected chi connectivity index (χ0v) is 11.8. The molecule has 0 aliphatic carbocycles. The van der Waals surface area contributed by atoms with E-state index >= 15 is 0 Å². The summed E-state index contributed by atoms with van der Waals surface area (Å²) < 4.78 is 10.4. The topological polar surface area (TPSA) is 56.5 Å². The first-order valence-corrected chi connectivity index (χ1v) is 6.52. The normalized spacial score (nSPS) is 10.3. The van der Waals surface area contributed by atoms with Crippen LogP contribution in [0.4, 0.5) is 11.4 Å². The summed E-state index contributed by atoms with van der Waals surface area (Å²) in [6.45, 7) is 1.42. The van der Waals surface area contributed by atoms with Gasteiger partial charge >= 0.3 is 0 Å². The van der Waals surface area contributed by atoms with Gasteiger partial charge in [-0.1, -0.05) is 18.2 Å². The number of methoxy groups -OCH3 is 2. The number of benzene rings is 2. The van der Waals surface area contributed by atoms with Gasteiger partial charge in [-0.2, -0.15) is 0 Å².